The van der Waals surface area contributed by atoms with Crippen LogP contribution in [0.1, 0.15) is 12.8 Å². The van der Waals surface area contributed by atoms with Gasteiger partial charge >= 0.3 is 5.97 Å². The fraction of sp³-hybridized carbons (Fsp3) is 0.667. The van der Waals surface area contributed by atoms with Crippen LogP contribution in [0.3, 0.4) is 0 Å². The predicted octanol–water partition coefficient (Wildman–Crippen LogP) is -0.418. The van der Waals surface area contributed by atoms with Crippen molar-refractivity contribution < 1.29 is 14.7 Å². The minimum atomic E-state index is -0.814. The third kappa shape index (κ3) is 1.46. The molecule has 0 aromatic carbocycles. The molecule has 0 aliphatic heterocycles. The van der Waals surface area contributed by atoms with Crippen LogP contribution in [0.15, 0.2) is 0 Å². The molecule has 1 saturated carbocycles. The predicted molar refractivity (Wildman–Crippen MR) is 33.0 cm³/mol. The van der Waals surface area contributed by atoms with Gasteiger partial charge in [0.1, 0.15) is 0 Å². The Bertz CT molecular complexity index is 178. The van der Waals surface area contributed by atoms with Gasteiger partial charge in [0.05, 0.1) is 5.92 Å². The summed E-state index contributed by atoms with van der Waals surface area (Å²) in [6.07, 6.45) is 0.829. The molecule has 10 heavy (non-hydrogen) atoms. The number of carbonyl (C=O) groups excluding carboxylic acids is 1. The summed E-state index contributed by atoms with van der Waals surface area (Å²) < 4.78 is 0. The first-order valence-corrected chi connectivity index (χ1v) is 3.12. The molecular formula is C6H9NO3. The molecule has 2 unspecified atom stereocenters. The van der Waals surface area contributed by atoms with E-state index in [0.29, 0.717) is 6.42 Å². The quantitative estimate of drug-likeness (QED) is 0.563. The normalized spacial score (nSPS) is 29.6. The summed E-state index contributed by atoms with van der Waals surface area (Å²) in [5.74, 6) is -1.53. The number of hydrogen-bond donors (Lipinski definition) is 2. The number of carboxylic acid groups (broad SMARTS) is 1. The van der Waals surface area contributed by atoms with E-state index in [1.807, 2.05) is 0 Å². The summed E-state index contributed by atoms with van der Waals surface area (Å²) in [7, 11) is 0. The summed E-state index contributed by atoms with van der Waals surface area (Å²) in [6, 6.07) is 0. The first kappa shape index (κ1) is 7.05. The Morgan fingerprint density at radius 2 is 2.20 bits per heavy atom. The molecule has 0 spiro atoms. The maximum absolute atomic E-state index is 10.2. The Morgan fingerprint density at radius 3 is 2.50 bits per heavy atom. The summed E-state index contributed by atoms with van der Waals surface area (Å²) >= 11 is 0. The second-order valence-corrected chi connectivity index (χ2v) is 2.61. The van der Waals surface area contributed by atoms with Gasteiger partial charge < -0.3 is 10.8 Å². The van der Waals surface area contributed by atoms with Crippen molar-refractivity contribution in [3.63, 3.8) is 0 Å². The molecule has 1 rings (SSSR count). The highest BCUT2D eigenvalue weighted by Gasteiger charge is 2.43. The van der Waals surface area contributed by atoms with Crippen molar-refractivity contribution in [3.8, 4) is 0 Å². The molecular weight excluding hydrogens is 134 g/mol. The molecule has 0 aromatic heterocycles. The third-order valence-electron chi connectivity index (χ3n) is 1.70. The van der Waals surface area contributed by atoms with E-state index in [1.165, 1.54) is 0 Å². The number of nitrogens with two attached hydrogens (primary N) is 1. The molecule has 4 heteroatoms. The maximum atomic E-state index is 10.2. The van der Waals surface area contributed by atoms with Crippen LogP contribution in [0.25, 0.3) is 0 Å². The Morgan fingerprint density at radius 1 is 1.60 bits per heavy atom. The van der Waals surface area contributed by atoms with Gasteiger partial charge in [-0.25, -0.2) is 0 Å². The number of rotatable bonds is 3. The van der Waals surface area contributed by atoms with Crippen molar-refractivity contribution in [2.45, 2.75) is 12.8 Å². The number of primary amides is 1. The molecule has 4 nitrogen and oxygen atoms in total. The highest BCUT2D eigenvalue weighted by molar-refractivity contribution is 5.78. The Labute approximate surface area is 58.0 Å². The Balaban J connectivity index is 2.26. The first-order chi connectivity index (χ1) is 4.61. The van der Waals surface area contributed by atoms with Crippen LogP contribution in [0.4, 0.5) is 0 Å². The van der Waals surface area contributed by atoms with E-state index in [-0.39, 0.29) is 18.3 Å². The van der Waals surface area contributed by atoms with Gasteiger partial charge in [0.15, 0.2) is 0 Å². The average molecular weight is 143 g/mol. The van der Waals surface area contributed by atoms with Crippen LogP contribution in [0.5, 0.6) is 0 Å². The smallest absolute Gasteiger partial charge is 0.306 e. The maximum Gasteiger partial charge on any atom is 0.306 e. The highest BCUT2D eigenvalue weighted by atomic mass is 16.4. The molecule has 0 radical (unpaired) electrons. The second kappa shape index (κ2) is 2.28. The number of carboxylic acids is 1. The number of aliphatic carboxylic acids is 1. The van der Waals surface area contributed by atoms with Crippen LogP contribution in [-0.4, -0.2) is 17.0 Å². The van der Waals surface area contributed by atoms with Gasteiger partial charge in [-0.05, 0) is 12.3 Å². The molecule has 2 atom stereocenters. The van der Waals surface area contributed by atoms with Gasteiger partial charge in [-0.2, -0.15) is 0 Å². The molecule has 3 N–H and O–H groups in total. The van der Waals surface area contributed by atoms with Crippen LogP contribution in [0.2, 0.25) is 0 Å². The van der Waals surface area contributed by atoms with Gasteiger partial charge in [0.25, 0.3) is 0 Å². The van der Waals surface area contributed by atoms with Crippen molar-refractivity contribution in [1.29, 1.82) is 0 Å². The molecule has 0 heterocycles. The summed E-state index contributed by atoms with van der Waals surface area (Å²) in [5, 5.41) is 8.38. The van der Waals surface area contributed by atoms with E-state index in [4.69, 9.17) is 10.8 Å². The second-order valence-electron chi connectivity index (χ2n) is 2.61. The van der Waals surface area contributed by atoms with Crippen LogP contribution in [0, 0.1) is 11.8 Å². The van der Waals surface area contributed by atoms with Gasteiger partial charge in [-0.1, -0.05) is 0 Å². The van der Waals surface area contributed by atoms with Crippen molar-refractivity contribution in [2.75, 3.05) is 0 Å². The van der Waals surface area contributed by atoms with Crippen molar-refractivity contribution in [2.24, 2.45) is 17.6 Å². The first-order valence-electron chi connectivity index (χ1n) is 3.12. The monoisotopic (exact) mass is 143 g/mol. The molecule has 0 aromatic rings. The minimum absolute atomic E-state index is 0.00926. The summed E-state index contributed by atoms with van der Waals surface area (Å²) in [6.45, 7) is 0. The van der Waals surface area contributed by atoms with E-state index < -0.39 is 11.9 Å². The van der Waals surface area contributed by atoms with Gasteiger partial charge in [0, 0.05) is 6.42 Å². The summed E-state index contributed by atoms with van der Waals surface area (Å²) in [4.78, 5) is 20.4. The summed E-state index contributed by atoms with van der Waals surface area (Å²) in [5.41, 5.74) is 4.86. The zero-order chi connectivity index (χ0) is 7.72. The molecule has 0 bridgehead atoms. The van der Waals surface area contributed by atoms with Gasteiger partial charge in [0.2, 0.25) is 5.91 Å². The minimum Gasteiger partial charge on any atom is -0.481 e. The van der Waals surface area contributed by atoms with Gasteiger partial charge in [-0.3, -0.25) is 9.59 Å². The average Bonchev–Trinajstić information content (AvgIpc) is 2.43. The molecule has 1 aliphatic rings. The Kier molecular flexibility index (Phi) is 1.61. The van der Waals surface area contributed by atoms with E-state index in [0.717, 1.165) is 0 Å². The number of carbonyl (C=O) groups is 2. The van der Waals surface area contributed by atoms with Crippen molar-refractivity contribution >= 4 is 11.9 Å². The highest BCUT2D eigenvalue weighted by Crippen LogP contribution is 2.40. The number of amides is 1. The molecule has 1 fully saturated rings. The molecule has 1 amide bonds. The fourth-order valence-corrected chi connectivity index (χ4v) is 1.03. The lowest BCUT2D eigenvalue weighted by Gasteiger charge is -1.89. The lowest BCUT2D eigenvalue weighted by Crippen LogP contribution is -2.12. The van der Waals surface area contributed by atoms with E-state index in [2.05, 4.69) is 0 Å². The largest absolute Gasteiger partial charge is 0.481 e. The zero-order valence-corrected chi connectivity index (χ0v) is 5.41. The van der Waals surface area contributed by atoms with E-state index in [9.17, 15) is 9.59 Å². The number of hydrogen-bond acceptors (Lipinski definition) is 2. The lowest BCUT2D eigenvalue weighted by molar-refractivity contribution is -0.138. The third-order valence-corrected chi connectivity index (χ3v) is 1.70. The Hall–Kier alpha value is -1.06. The van der Waals surface area contributed by atoms with Crippen LogP contribution >= 0.6 is 0 Å². The van der Waals surface area contributed by atoms with E-state index in [1.54, 1.807) is 0 Å². The molecule has 56 valence electrons. The zero-order valence-electron chi connectivity index (χ0n) is 5.41. The van der Waals surface area contributed by atoms with E-state index >= 15 is 0 Å². The standard InChI is InChI=1S/C6H9NO3/c7-5(8)2-3-1-4(3)6(9)10/h3-4H,1-2H2,(H2,7,8)(H,9,10). The van der Waals surface area contributed by atoms with Crippen LogP contribution in [-0.2, 0) is 9.59 Å². The van der Waals surface area contributed by atoms with Crippen molar-refractivity contribution in [1.82, 2.24) is 0 Å². The van der Waals surface area contributed by atoms with Gasteiger partial charge in [-0.15, -0.1) is 0 Å². The van der Waals surface area contributed by atoms with Crippen LogP contribution < -0.4 is 5.73 Å². The SMILES string of the molecule is NC(=O)CC1CC1C(=O)O. The molecule has 1 aliphatic carbocycles. The topological polar surface area (TPSA) is 80.4 Å². The fourth-order valence-electron chi connectivity index (χ4n) is 1.03. The lowest BCUT2D eigenvalue weighted by atomic mass is 10.2. The molecule has 0 saturated heterocycles. The van der Waals surface area contributed by atoms with Crippen molar-refractivity contribution in [3.05, 3.63) is 0 Å².